The molecule has 12 atom stereocenters. The number of fused-ring (bicyclic) bond motifs is 3. The molecule has 3 N–H and O–H groups in total. The molecule has 1 aliphatic heterocycles. The summed E-state index contributed by atoms with van der Waals surface area (Å²) in [6.07, 6.45) is 11.3. The Hall–Kier alpha value is -2.89. The first-order valence-corrected chi connectivity index (χ1v) is 20.1. The second-order valence-electron chi connectivity index (χ2n) is 19.6. The highest BCUT2D eigenvalue weighted by Crippen LogP contribution is 2.74. The molecular weight excluding hydrogens is 668 g/mol. The minimum absolute atomic E-state index is 0.168. The maximum Gasteiger partial charge on any atom is 0.506 e. The summed E-state index contributed by atoms with van der Waals surface area (Å²) in [6.45, 7) is 24.2. The maximum atomic E-state index is 12.5. The van der Waals surface area contributed by atoms with E-state index in [1.807, 2.05) is 10.7 Å². The Labute approximate surface area is 316 Å². The highest BCUT2D eigenvalue weighted by Gasteiger charge is 2.72. The van der Waals surface area contributed by atoms with Gasteiger partial charge < -0.3 is 25.1 Å². The van der Waals surface area contributed by atoms with E-state index >= 15 is 0 Å². The molecule has 7 rings (SSSR count). The van der Waals surface area contributed by atoms with Crippen molar-refractivity contribution in [3.05, 3.63) is 36.4 Å². The number of aromatic nitrogens is 5. The number of carbonyl (C=O) groups is 1. The number of ether oxygens (including phenoxy) is 3. The topological polar surface area (TPSA) is 148 Å². The molecule has 2 aromatic rings. The van der Waals surface area contributed by atoms with E-state index in [4.69, 9.17) is 30.0 Å². The molecule has 2 aromatic heterocycles. The first kappa shape index (κ1) is 38.4. The maximum absolute atomic E-state index is 12.5. The SMILES string of the molecule is CC(C)[C@@H](C)[C@@]1(C)CC[C@]2(C)[C@H]3CC[C@@H]4[C@@]5(COC[C@@]4(C)[C@@H](OC[C@](C)(N)C(C)C)[C@H](n4ncnc4-c4ncccn4)C5)C3=CC[C@]2(C)[C@@H]1OC(=O)O. The lowest BCUT2D eigenvalue weighted by molar-refractivity contribution is -0.256. The minimum atomic E-state index is -1.17. The second kappa shape index (κ2) is 13.1. The Balaban J connectivity index is 1.35. The minimum Gasteiger partial charge on any atom is -0.450 e. The van der Waals surface area contributed by atoms with Crippen LogP contribution in [0, 0.1) is 56.7 Å². The number of hydrogen-bond acceptors (Lipinski definition) is 9. The van der Waals surface area contributed by atoms with E-state index in [0.29, 0.717) is 49.2 Å². The van der Waals surface area contributed by atoms with E-state index in [0.717, 1.165) is 38.5 Å². The van der Waals surface area contributed by atoms with Crippen LogP contribution in [0.1, 0.15) is 114 Å². The normalized spacial score (nSPS) is 41.1. The van der Waals surface area contributed by atoms with E-state index in [9.17, 15) is 9.90 Å². The van der Waals surface area contributed by atoms with E-state index in [1.165, 1.54) is 5.57 Å². The molecule has 5 aliphatic rings. The van der Waals surface area contributed by atoms with E-state index in [2.05, 4.69) is 85.3 Å². The molecule has 292 valence electrons. The molecule has 2 bridgehead atoms. The van der Waals surface area contributed by atoms with Crippen LogP contribution >= 0.6 is 0 Å². The van der Waals surface area contributed by atoms with Gasteiger partial charge in [-0.1, -0.05) is 74.0 Å². The largest absolute Gasteiger partial charge is 0.506 e. The number of carboxylic acid groups (broad SMARTS) is 1. The molecule has 1 saturated heterocycles. The van der Waals surface area contributed by atoms with Crippen molar-refractivity contribution < 1.29 is 24.1 Å². The fraction of sp³-hybridized carbons (Fsp3) is 0.786. The van der Waals surface area contributed by atoms with Gasteiger partial charge >= 0.3 is 6.16 Å². The van der Waals surface area contributed by atoms with Crippen molar-refractivity contribution in [3.8, 4) is 11.6 Å². The Morgan fingerprint density at radius 3 is 2.43 bits per heavy atom. The molecule has 3 heterocycles. The zero-order chi connectivity index (χ0) is 38.4. The quantitative estimate of drug-likeness (QED) is 0.192. The number of rotatable bonds is 9. The number of hydrogen-bond donors (Lipinski definition) is 2. The van der Waals surface area contributed by atoms with Crippen LogP contribution < -0.4 is 5.73 Å². The summed E-state index contributed by atoms with van der Waals surface area (Å²) in [5.74, 6) is 2.69. The van der Waals surface area contributed by atoms with E-state index < -0.39 is 17.8 Å². The molecule has 4 aliphatic carbocycles. The van der Waals surface area contributed by atoms with E-state index in [-0.39, 0.29) is 51.1 Å². The molecule has 0 unspecified atom stereocenters. The Morgan fingerprint density at radius 2 is 1.77 bits per heavy atom. The van der Waals surface area contributed by atoms with Crippen molar-refractivity contribution in [1.29, 1.82) is 0 Å². The summed E-state index contributed by atoms with van der Waals surface area (Å²) in [6, 6.07) is 1.64. The highest BCUT2D eigenvalue weighted by molar-refractivity contribution is 5.57. The van der Waals surface area contributed by atoms with Gasteiger partial charge in [-0.3, -0.25) is 0 Å². The van der Waals surface area contributed by atoms with Gasteiger partial charge in [-0.05, 0) is 86.5 Å². The third-order valence-corrected chi connectivity index (χ3v) is 16.5. The molecular formula is C42H64N6O5. The number of nitrogens with zero attached hydrogens (tertiary/aromatic N) is 5. The monoisotopic (exact) mass is 732 g/mol. The third-order valence-electron chi connectivity index (χ3n) is 16.5. The summed E-state index contributed by atoms with van der Waals surface area (Å²) in [5.41, 5.74) is 6.43. The van der Waals surface area contributed by atoms with Gasteiger partial charge in [0.25, 0.3) is 0 Å². The highest BCUT2D eigenvalue weighted by atomic mass is 16.7. The average Bonchev–Trinajstić information content (AvgIpc) is 3.60. The molecule has 3 saturated carbocycles. The zero-order valence-electron chi connectivity index (χ0n) is 33.8. The van der Waals surface area contributed by atoms with Gasteiger partial charge in [-0.25, -0.2) is 24.4 Å². The Bertz CT molecular complexity index is 1710. The fourth-order valence-electron chi connectivity index (χ4n) is 12.4. The lowest BCUT2D eigenvalue weighted by Crippen LogP contribution is -2.70. The molecule has 0 aromatic carbocycles. The Morgan fingerprint density at radius 1 is 1.06 bits per heavy atom. The van der Waals surface area contributed by atoms with Crippen LogP contribution in [-0.4, -0.2) is 73.6 Å². The molecule has 0 amide bonds. The second-order valence-corrected chi connectivity index (χ2v) is 19.6. The zero-order valence-corrected chi connectivity index (χ0v) is 33.8. The molecule has 4 fully saturated rings. The lowest BCUT2D eigenvalue weighted by Gasteiger charge is -2.71. The van der Waals surface area contributed by atoms with Gasteiger partial charge in [0.2, 0.25) is 0 Å². The van der Waals surface area contributed by atoms with Gasteiger partial charge in [0, 0.05) is 39.6 Å². The smallest absolute Gasteiger partial charge is 0.450 e. The summed E-state index contributed by atoms with van der Waals surface area (Å²) in [5, 5.41) is 15.1. The van der Waals surface area contributed by atoms with Crippen molar-refractivity contribution in [2.75, 3.05) is 19.8 Å². The third kappa shape index (κ3) is 5.63. The van der Waals surface area contributed by atoms with Gasteiger partial charge in [0.15, 0.2) is 11.6 Å². The Kier molecular flexibility index (Phi) is 9.50. The number of allylic oxidation sites excluding steroid dienone is 1. The standard InChI is InChI=1S/C42H64N6O5/c1-25(2)27(5)37(6)16-17-39(8)28-12-13-31-38(7)21-51-23-42(31,29(28)14-15-40(39,9)35(37)53-36(49)50)20-30(32(38)52-22-41(10,43)26(3)4)48-34(46-24-47-48)33-44-18-11-19-45-33/h11,14,18-19,24-28,30-32,35H,12-13,15-17,20-23,43H2,1-10H3,(H,49,50)/t27-,28+,30-,31+,32+,35-,37-,38-,39-,40-,41+,42+/m1/s1. The first-order valence-electron chi connectivity index (χ1n) is 20.1. The van der Waals surface area contributed by atoms with Crippen molar-refractivity contribution >= 4 is 6.16 Å². The summed E-state index contributed by atoms with van der Waals surface area (Å²) < 4.78 is 22.0. The summed E-state index contributed by atoms with van der Waals surface area (Å²) >= 11 is 0. The lowest BCUT2D eigenvalue weighted by atomic mass is 9.35. The van der Waals surface area contributed by atoms with Crippen molar-refractivity contribution in [2.24, 2.45) is 62.4 Å². The molecule has 53 heavy (non-hydrogen) atoms. The van der Waals surface area contributed by atoms with Crippen molar-refractivity contribution in [1.82, 2.24) is 24.7 Å². The predicted molar refractivity (Wildman–Crippen MR) is 203 cm³/mol. The van der Waals surface area contributed by atoms with Crippen LogP contribution in [0.15, 0.2) is 36.4 Å². The van der Waals surface area contributed by atoms with Gasteiger partial charge in [-0.2, -0.15) is 5.10 Å². The van der Waals surface area contributed by atoms with Crippen LogP contribution in [0.3, 0.4) is 0 Å². The van der Waals surface area contributed by atoms with Crippen LogP contribution in [0.4, 0.5) is 4.79 Å². The van der Waals surface area contributed by atoms with Crippen molar-refractivity contribution in [3.63, 3.8) is 0 Å². The van der Waals surface area contributed by atoms with Crippen LogP contribution in [-0.2, 0) is 14.2 Å². The van der Waals surface area contributed by atoms with Crippen LogP contribution in [0.2, 0.25) is 0 Å². The first-order chi connectivity index (χ1) is 24.9. The van der Waals surface area contributed by atoms with Gasteiger partial charge in [-0.15, -0.1) is 0 Å². The fourth-order valence-corrected chi connectivity index (χ4v) is 12.4. The van der Waals surface area contributed by atoms with Crippen molar-refractivity contribution in [2.45, 2.75) is 132 Å². The molecule has 0 radical (unpaired) electrons. The van der Waals surface area contributed by atoms with Crippen LogP contribution in [0.5, 0.6) is 0 Å². The molecule has 0 spiro atoms. The van der Waals surface area contributed by atoms with Gasteiger partial charge in [0.1, 0.15) is 12.4 Å². The predicted octanol–water partition coefficient (Wildman–Crippen LogP) is 7.99. The average molecular weight is 733 g/mol. The molecule has 11 nitrogen and oxygen atoms in total. The van der Waals surface area contributed by atoms with Gasteiger partial charge in [0.05, 0.1) is 32.0 Å². The van der Waals surface area contributed by atoms with Crippen LogP contribution in [0.25, 0.3) is 11.6 Å². The molecule has 11 heteroatoms. The summed E-state index contributed by atoms with van der Waals surface area (Å²) in [4.78, 5) is 26.4. The number of nitrogens with two attached hydrogens (primary N) is 1. The summed E-state index contributed by atoms with van der Waals surface area (Å²) in [7, 11) is 0. The van der Waals surface area contributed by atoms with E-state index in [1.54, 1.807) is 18.7 Å².